The number of carbonyl (C=O) groups excluding carboxylic acids is 3. The second-order valence-electron chi connectivity index (χ2n) is 18.9. The molecule has 0 bridgehead atoms. The topological polar surface area (TPSA) is 78.9 Å². The van der Waals surface area contributed by atoms with E-state index in [1.807, 2.05) is 0 Å². The fourth-order valence-corrected chi connectivity index (χ4v) is 7.90. The first-order valence-corrected chi connectivity index (χ1v) is 28.6. The Morgan fingerprint density at radius 3 is 1.06 bits per heavy atom. The van der Waals surface area contributed by atoms with Crippen molar-refractivity contribution in [3.05, 3.63) is 85.1 Å². The van der Waals surface area contributed by atoms with Gasteiger partial charge in [0.1, 0.15) is 13.2 Å². The van der Waals surface area contributed by atoms with Crippen LogP contribution in [0.5, 0.6) is 0 Å². The predicted molar refractivity (Wildman–Crippen MR) is 293 cm³/mol. The lowest BCUT2D eigenvalue weighted by atomic mass is 10.1. The van der Waals surface area contributed by atoms with Crippen LogP contribution < -0.4 is 0 Å². The van der Waals surface area contributed by atoms with E-state index in [0.717, 1.165) is 116 Å². The molecule has 0 aliphatic rings. The third kappa shape index (κ3) is 53.5. The average molecular weight is 948 g/mol. The van der Waals surface area contributed by atoms with Crippen molar-refractivity contribution in [3.8, 4) is 0 Å². The minimum atomic E-state index is -0.795. The van der Waals surface area contributed by atoms with E-state index >= 15 is 0 Å². The largest absolute Gasteiger partial charge is 0.462 e. The van der Waals surface area contributed by atoms with E-state index in [0.29, 0.717) is 19.3 Å². The molecule has 0 aliphatic carbocycles. The van der Waals surface area contributed by atoms with Crippen molar-refractivity contribution in [2.45, 2.75) is 277 Å². The molecule has 0 aromatic rings. The molecule has 0 spiro atoms. The van der Waals surface area contributed by atoms with Gasteiger partial charge in [-0.1, -0.05) is 241 Å². The van der Waals surface area contributed by atoms with Crippen LogP contribution in [0.15, 0.2) is 85.1 Å². The van der Waals surface area contributed by atoms with Crippen LogP contribution in [0.2, 0.25) is 0 Å². The Kier molecular flexibility index (Phi) is 53.4. The predicted octanol–water partition coefficient (Wildman–Crippen LogP) is 19.2. The molecule has 0 radical (unpaired) electrons. The zero-order valence-electron chi connectivity index (χ0n) is 44.6. The van der Waals surface area contributed by atoms with Gasteiger partial charge in [0, 0.05) is 19.3 Å². The van der Waals surface area contributed by atoms with Gasteiger partial charge in [-0.25, -0.2) is 0 Å². The molecule has 1 unspecified atom stereocenters. The summed E-state index contributed by atoms with van der Waals surface area (Å²) in [4.78, 5) is 38.1. The number of esters is 3. The molecule has 0 aromatic carbocycles. The fraction of sp³-hybridized carbons (Fsp3) is 0.726. The van der Waals surface area contributed by atoms with E-state index in [1.54, 1.807) is 0 Å². The second-order valence-corrected chi connectivity index (χ2v) is 18.9. The maximum Gasteiger partial charge on any atom is 0.306 e. The molecule has 1 atom stereocenters. The van der Waals surface area contributed by atoms with Gasteiger partial charge in [0.15, 0.2) is 6.10 Å². The molecule has 0 heterocycles. The van der Waals surface area contributed by atoms with Crippen molar-refractivity contribution >= 4 is 17.9 Å². The molecular formula is C62H106O6. The molecule has 0 saturated carbocycles. The summed E-state index contributed by atoms with van der Waals surface area (Å²) in [6.07, 6.45) is 72.8. The maximum absolute atomic E-state index is 12.9. The fourth-order valence-electron chi connectivity index (χ4n) is 7.90. The number of unbranched alkanes of at least 4 members (excludes halogenated alkanes) is 29. The van der Waals surface area contributed by atoms with Crippen LogP contribution in [0.1, 0.15) is 271 Å². The van der Waals surface area contributed by atoms with Gasteiger partial charge in [-0.2, -0.15) is 0 Å². The van der Waals surface area contributed by atoms with E-state index in [9.17, 15) is 14.4 Å². The maximum atomic E-state index is 12.9. The first-order chi connectivity index (χ1) is 33.5. The molecule has 0 aromatic heterocycles. The lowest BCUT2D eigenvalue weighted by Gasteiger charge is -2.18. The van der Waals surface area contributed by atoms with Crippen LogP contribution in [-0.4, -0.2) is 37.2 Å². The van der Waals surface area contributed by atoms with E-state index in [2.05, 4.69) is 106 Å². The zero-order chi connectivity index (χ0) is 49.3. The summed E-state index contributed by atoms with van der Waals surface area (Å²) in [5.41, 5.74) is 0. The highest BCUT2D eigenvalue weighted by Crippen LogP contribution is 2.15. The number of rotatable bonds is 51. The summed E-state index contributed by atoms with van der Waals surface area (Å²) in [6.45, 7) is 6.48. The molecule has 390 valence electrons. The van der Waals surface area contributed by atoms with Crippen LogP contribution in [0.3, 0.4) is 0 Å². The number of carbonyl (C=O) groups is 3. The summed E-state index contributed by atoms with van der Waals surface area (Å²) in [7, 11) is 0. The quantitative estimate of drug-likeness (QED) is 0.0199. The molecule has 0 aliphatic heterocycles. The van der Waals surface area contributed by atoms with Crippen molar-refractivity contribution in [1.82, 2.24) is 0 Å². The second kappa shape index (κ2) is 56.2. The van der Waals surface area contributed by atoms with Crippen molar-refractivity contribution < 1.29 is 28.6 Å². The minimum absolute atomic E-state index is 0.0920. The van der Waals surface area contributed by atoms with Crippen LogP contribution in [0, 0.1) is 0 Å². The molecule has 0 N–H and O–H groups in total. The normalized spacial score (nSPS) is 12.7. The highest BCUT2D eigenvalue weighted by atomic mass is 16.6. The summed E-state index contributed by atoms with van der Waals surface area (Å²) in [5.74, 6) is -0.926. The van der Waals surface area contributed by atoms with Gasteiger partial charge in [-0.3, -0.25) is 14.4 Å². The van der Waals surface area contributed by atoms with Crippen LogP contribution in [-0.2, 0) is 28.6 Å². The summed E-state index contributed by atoms with van der Waals surface area (Å²) in [6, 6.07) is 0. The Hall–Kier alpha value is -3.41. The highest BCUT2D eigenvalue weighted by molar-refractivity contribution is 5.71. The van der Waals surface area contributed by atoms with Crippen molar-refractivity contribution in [1.29, 1.82) is 0 Å². The lowest BCUT2D eigenvalue weighted by Crippen LogP contribution is -2.30. The molecule has 6 heteroatoms. The van der Waals surface area contributed by atoms with Crippen LogP contribution >= 0.6 is 0 Å². The average Bonchev–Trinajstić information content (AvgIpc) is 3.34. The number of hydrogen-bond acceptors (Lipinski definition) is 6. The van der Waals surface area contributed by atoms with Gasteiger partial charge in [0.25, 0.3) is 0 Å². The Labute approximate surface area is 420 Å². The van der Waals surface area contributed by atoms with Gasteiger partial charge in [0.05, 0.1) is 0 Å². The summed E-state index contributed by atoms with van der Waals surface area (Å²) >= 11 is 0. The van der Waals surface area contributed by atoms with Gasteiger partial charge >= 0.3 is 17.9 Å². The smallest absolute Gasteiger partial charge is 0.306 e. The Morgan fingerprint density at radius 1 is 0.324 bits per heavy atom. The van der Waals surface area contributed by atoms with Gasteiger partial charge in [0.2, 0.25) is 0 Å². The van der Waals surface area contributed by atoms with E-state index in [-0.39, 0.29) is 31.1 Å². The Balaban J connectivity index is 4.45. The lowest BCUT2D eigenvalue weighted by molar-refractivity contribution is -0.167. The van der Waals surface area contributed by atoms with Crippen LogP contribution in [0.25, 0.3) is 0 Å². The van der Waals surface area contributed by atoms with Gasteiger partial charge < -0.3 is 14.2 Å². The van der Waals surface area contributed by atoms with Crippen molar-refractivity contribution in [2.24, 2.45) is 0 Å². The van der Waals surface area contributed by atoms with Crippen LogP contribution in [0.4, 0.5) is 0 Å². The number of ether oxygens (including phenoxy) is 3. The number of allylic oxidation sites excluding steroid dienone is 14. The molecular weight excluding hydrogens is 841 g/mol. The third-order valence-corrected chi connectivity index (χ3v) is 12.2. The molecule has 0 fully saturated rings. The monoisotopic (exact) mass is 947 g/mol. The molecule has 0 amide bonds. The third-order valence-electron chi connectivity index (χ3n) is 12.2. The van der Waals surface area contributed by atoms with Crippen molar-refractivity contribution in [2.75, 3.05) is 13.2 Å². The van der Waals surface area contributed by atoms with Gasteiger partial charge in [-0.05, 0) is 96.3 Å². The standard InChI is InChI=1S/C62H106O6/c1-4-7-10-13-16-19-22-25-28-30-32-34-37-40-43-46-49-52-55-61(64)67-58-59(57-66-60(63)54-51-48-45-42-39-36-27-24-21-18-15-12-9-6-3)68-62(65)56-53-50-47-44-41-38-35-33-31-29-26-23-20-17-14-11-8-5-2/h9,12,16,18-19,21-22,25,28,30,32-35,59H,4-8,10-11,13-15,17,20,23-24,26-27,29,31,36-58H2,1-3H3/b12-9-,19-16-,21-18-,25-22-,30-28-,34-32-,35-33-. The molecule has 0 rings (SSSR count). The van der Waals surface area contributed by atoms with Gasteiger partial charge in [-0.15, -0.1) is 0 Å². The summed E-state index contributed by atoms with van der Waals surface area (Å²) < 4.78 is 16.8. The SMILES string of the molecule is CC/C=C\C/C=C\CCCCCCCCCC(=O)OCC(COC(=O)CCCCCCC\C=C/C=C\C=C/C=C\CCCCC)OC(=O)CCCCCCC/C=C\CCCCCCCCCCC. The van der Waals surface area contributed by atoms with E-state index in [1.165, 1.54) is 116 Å². The van der Waals surface area contributed by atoms with Crippen molar-refractivity contribution in [3.63, 3.8) is 0 Å². The summed E-state index contributed by atoms with van der Waals surface area (Å²) in [5, 5.41) is 0. The Bertz CT molecular complexity index is 1320. The first-order valence-electron chi connectivity index (χ1n) is 28.6. The first kappa shape index (κ1) is 64.6. The number of hydrogen-bond donors (Lipinski definition) is 0. The molecule has 6 nitrogen and oxygen atoms in total. The molecule has 68 heavy (non-hydrogen) atoms. The van der Waals surface area contributed by atoms with E-state index < -0.39 is 6.10 Å². The molecule has 0 saturated heterocycles. The highest BCUT2D eigenvalue weighted by Gasteiger charge is 2.19. The zero-order valence-corrected chi connectivity index (χ0v) is 44.6. The van der Waals surface area contributed by atoms with E-state index in [4.69, 9.17) is 14.2 Å². The minimum Gasteiger partial charge on any atom is -0.462 e. The Morgan fingerprint density at radius 2 is 0.632 bits per heavy atom.